The van der Waals surface area contributed by atoms with Gasteiger partial charge in [0.2, 0.25) is 5.88 Å². The average molecular weight is 292 g/mol. The van der Waals surface area contributed by atoms with E-state index in [-0.39, 0.29) is 0 Å². The van der Waals surface area contributed by atoms with Crippen LogP contribution in [-0.4, -0.2) is 22.6 Å². The molecule has 1 saturated carbocycles. The van der Waals surface area contributed by atoms with Crippen LogP contribution in [0.5, 0.6) is 5.88 Å². The van der Waals surface area contributed by atoms with Gasteiger partial charge in [0.25, 0.3) is 0 Å². The van der Waals surface area contributed by atoms with Gasteiger partial charge in [0.15, 0.2) is 5.82 Å². The van der Waals surface area contributed by atoms with Gasteiger partial charge in [-0.1, -0.05) is 26.7 Å². The number of hydrogen-bond acceptors (Lipinski definition) is 5. The van der Waals surface area contributed by atoms with Crippen molar-refractivity contribution in [1.82, 2.24) is 9.97 Å². The first kappa shape index (κ1) is 15.9. The SMILES string of the molecule is CCCOc1ncnc(NC2CCC(CCC)CC2)c1N. The van der Waals surface area contributed by atoms with Crippen molar-refractivity contribution < 1.29 is 4.74 Å². The van der Waals surface area contributed by atoms with Crippen molar-refractivity contribution in [2.75, 3.05) is 17.7 Å². The summed E-state index contributed by atoms with van der Waals surface area (Å²) < 4.78 is 5.55. The summed E-state index contributed by atoms with van der Waals surface area (Å²) in [5, 5.41) is 3.47. The zero-order valence-electron chi connectivity index (χ0n) is 13.3. The quantitative estimate of drug-likeness (QED) is 0.803. The van der Waals surface area contributed by atoms with Gasteiger partial charge in [-0.3, -0.25) is 0 Å². The molecule has 2 rings (SSSR count). The van der Waals surface area contributed by atoms with Gasteiger partial charge in [-0.05, 0) is 38.0 Å². The molecule has 0 atom stereocenters. The zero-order chi connectivity index (χ0) is 15.1. The molecule has 0 aliphatic heterocycles. The molecule has 0 bridgehead atoms. The molecular weight excluding hydrogens is 264 g/mol. The minimum absolute atomic E-state index is 0.467. The van der Waals surface area contributed by atoms with Gasteiger partial charge in [0.05, 0.1) is 6.61 Å². The Morgan fingerprint density at radius 3 is 2.62 bits per heavy atom. The van der Waals surface area contributed by atoms with E-state index in [0.29, 0.717) is 24.2 Å². The molecule has 1 fully saturated rings. The Balaban J connectivity index is 1.91. The normalized spacial score (nSPS) is 22.0. The van der Waals surface area contributed by atoms with Crippen LogP contribution in [0, 0.1) is 5.92 Å². The first-order valence-electron chi connectivity index (χ1n) is 8.24. The van der Waals surface area contributed by atoms with Crippen LogP contribution >= 0.6 is 0 Å². The molecule has 1 heterocycles. The van der Waals surface area contributed by atoms with E-state index in [1.165, 1.54) is 44.9 Å². The second-order valence-corrected chi connectivity index (χ2v) is 5.94. The molecule has 5 nitrogen and oxygen atoms in total. The van der Waals surface area contributed by atoms with Crippen LogP contribution in [0.4, 0.5) is 11.5 Å². The summed E-state index contributed by atoms with van der Waals surface area (Å²) in [6.07, 6.45) is 10.1. The highest BCUT2D eigenvalue weighted by molar-refractivity contribution is 5.66. The molecule has 1 aliphatic rings. The maximum atomic E-state index is 6.10. The molecular formula is C16H28N4O. The summed E-state index contributed by atoms with van der Waals surface area (Å²) in [4.78, 5) is 8.38. The van der Waals surface area contributed by atoms with E-state index in [0.717, 1.165) is 18.2 Å². The smallest absolute Gasteiger partial charge is 0.242 e. The molecule has 3 N–H and O–H groups in total. The van der Waals surface area contributed by atoms with E-state index in [4.69, 9.17) is 10.5 Å². The molecule has 21 heavy (non-hydrogen) atoms. The maximum Gasteiger partial charge on any atom is 0.242 e. The number of nitrogens with one attached hydrogen (secondary N) is 1. The van der Waals surface area contributed by atoms with Crippen molar-refractivity contribution in [2.24, 2.45) is 5.92 Å². The highest BCUT2D eigenvalue weighted by Gasteiger charge is 2.22. The van der Waals surface area contributed by atoms with Gasteiger partial charge in [0.1, 0.15) is 12.0 Å². The summed E-state index contributed by atoms with van der Waals surface area (Å²) in [6.45, 7) is 4.96. The lowest BCUT2D eigenvalue weighted by Gasteiger charge is -2.29. The number of nitrogens with two attached hydrogens (primary N) is 1. The van der Waals surface area contributed by atoms with Gasteiger partial charge < -0.3 is 15.8 Å². The Hall–Kier alpha value is -1.52. The number of nitrogen functional groups attached to an aromatic ring is 1. The van der Waals surface area contributed by atoms with Gasteiger partial charge in [0, 0.05) is 6.04 Å². The van der Waals surface area contributed by atoms with Crippen LogP contribution in [0.25, 0.3) is 0 Å². The van der Waals surface area contributed by atoms with E-state index in [2.05, 4.69) is 29.1 Å². The number of rotatable bonds is 7. The molecule has 0 unspecified atom stereocenters. The lowest BCUT2D eigenvalue weighted by molar-refractivity contribution is 0.306. The van der Waals surface area contributed by atoms with Crippen molar-refractivity contribution >= 4 is 11.5 Å². The number of ether oxygens (including phenoxy) is 1. The van der Waals surface area contributed by atoms with Crippen LogP contribution in [-0.2, 0) is 0 Å². The molecule has 0 saturated heterocycles. The molecule has 5 heteroatoms. The Morgan fingerprint density at radius 2 is 1.95 bits per heavy atom. The first-order chi connectivity index (χ1) is 10.2. The van der Waals surface area contributed by atoms with Crippen LogP contribution < -0.4 is 15.8 Å². The van der Waals surface area contributed by atoms with E-state index in [1.54, 1.807) is 0 Å². The fraction of sp³-hybridized carbons (Fsp3) is 0.750. The fourth-order valence-electron chi connectivity index (χ4n) is 3.01. The molecule has 0 aromatic carbocycles. The first-order valence-corrected chi connectivity index (χ1v) is 8.24. The Labute approximate surface area is 127 Å². The summed E-state index contributed by atoms with van der Waals surface area (Å²) >= 11 is 0. The molecule has 1 aromatic rings. The second-order valence-electron chi connectivity index (χ2n) is 5.94. The van der Waals surface area contributed by atoms with E-state index >= 15 is 0 Å². The van der Waals surface area contributed by atoms with Gasteiger partial charge >= 0.3 is 0 Å². The Morgan fingerprint density at radius 1 is 1.19 bits per heavy atom. The maximum absolute atomic E-state index is 6.10. The predicted molar refractivity (Wildman–Crippen MR) is 86.5 cm³/mol. The van der Waals surface area contributed by atoms with Gasteiger partial charge in [-0.15, -0.1) is 0 Å². The lowest BCUT2D eigenvalue weighted by Crippen LogP contribution is -2.27. The van der Waals surface area contributed by atoms with Crippen molar-refractivity contribution in [2.45, 2.75) is 64.8 Å². The molecule has 0 radical (unpaired) electrons. The number of aromatic nitrogens is 2. The highest BCUT2D eigenvalue weighted by atomic mass is 16.5. The molecule has 1 aliphatic carbocycles. The van der Waals surface area contributed by atoms with E-state index in [1.807, 2.05) is 0 Å². The van der Waals surface area contributed by atoms with Crippen LogP contribution in [0.3, 0.4) is 0 Å². The molecule has 0 amide bonds. The fourth-order valence-corrected chi connectivity index (χ4v) is 3.01. The average Bonchev–Trinajstić information content (AvgIpc) is 2.50. The van der Waals surface area contributed by atoms with Gasteiger partial charge in [-0.25, -0.2) is 4.98 Å². The number of nitrogens with zero attached hydrogens (tertiary/aromatic N) is 2. The van der Waals surface area contributed by atoms with Crippen LogP contribution in [0.1, 0.15) is 58.8 Å². The number of anilines is 2. The summed E-state index contributed by atoms with van der Waals surface area (Å²) in [5.41, 5.74) is 6.63. The predicted octanol–water partition coefficient (Wildman–Crippen LogP) is 3.62. The van der Waals surface area contributed by atoms with E-state index < -0.39 is 0 Å². The summed E-state index contributed by atoms with van der Waals surface area (Å²) in [7, 11) is 0. The molecule has 1 aromatic heterocycles. The van der Waals surface area contributed by atoms with Crippen LogP contribution in [0.2, 0.25) is 0 Å². The topological polar surface area (TPSA) is 73.1 Å². The van der Waals surface area contributed by atoms with Crippen molar-refractivity contribution in [3.8, 4) is 5.88 Å². The van der Waals surface area contributed by atoms with E-state index in [9.17, 15) is 0 Å². The minimum atomic E-state index is 0.467. The molecule has 118 valence electrons. The summed E-state index contributed by atoms with van der Waals surface area (Å²) in [6, 6.07) is 0.467. The van der Waals surface area contributed by atoms with Crippen molar-refractivity contribution in [3.05, 3.63) is 6.33 Å². The monoisotopic (exact) mass is 292 g/mol. The highest BCUT2D eigenvalue weighted by Crippen LogP contribution is 2.31. The second kappa shape index (κ2) is 8.05. The minimum Gasteiger partial charge on any atom is -0.476 e. The largest absolute Gasteiger partial charge is 0.476 e. The third kappa shape index (κ3) is 4.48. The number of hydrogen-bond donors (Lipinski definition) is 2. The summed E-state index contributed by atoms with van der Waals surface area (Å²) in [5.74, 6) is 2.11. The molecule has 0 spiro atoms. The lowest BCUT2D eigenvalue weighted by atomic mass is 9.83. The Bertz CT molecular complexity index is 430. The van der Waals surface area contributed by atoms with Crippen LogP contribution in [0.15, 0.2) is 6.33 Å². The van der Waals surface area contributed by atoms with Crippen molar-refractivity contribution in [3.63, 3.8) is 0 Å². The Kier molecular flexibility index (Phi) is 6.08. The van der Waals surface area contributed by atoms with Crippen molar-refractivity contribution in [1.29, 1.82) is 0 Å². The third-order valence-corrected chi connectivity index (χ3v) is 4.17. The van der Waals surface area contributed by atoms with Gasteiger partial charge in [-0.2, -0.15) is 4.98 Å². The zero-order valence-corrected chi connectivity index (χ0v) is 13.3. The standard InChI is InChI=1S/C16H28N4O/c1-3-5-12-6-8-13(9-7-12)20-15-14(17)16(19-11-18-15)21-10-4-2/h11-13H,3-10,17H2,1-2H3,(H,18,19,20). The third-order valence-electron chi connectivity index (χ3n) is 4.17.